The number of hydrogen-bond acceptors (Lipinski definition) is 13. The number of nitrogens with two attached hydrogens (primary N) is 1. The molecule has 8 rings (SSSR count). The molecule has 0 unspecified atom stereocenters. The highest BCUT2D eigenvalue weighted by atomic mass is 79.9. The maximum atomic E-state index is 12.7. The van der Waals surface area contributed by atoms with Crippen molar-refractivity contribution in [1.82, 2.24) is 45.5 Å². The molecule has 0 spiro atoms. The van der Waals surface area contributed by atoms with Gasteiger partial charge in [-0.15, -0.1) is 0 Å². The molecular formula is C55H74Br2Cl2N12O7. The van der Waals surface area contributed by atoms with Gasteiger partial charge < -0.3 is 46.9 Å². The number of aryl methyl sites for hydroxylation is 4. The summed E-state index contributed by atoms with van der Waals surface area (Å²) in [5.41, 5.74) is 14.7. The molecule has 3 amide bonds. The van der Waals surface area contributed by atoms with Gasteiger partial charge in [0.05, 0.1) is 51.0 Å². The van der Waals surface area contributed by atoms with Gasteiger partial charge >= 0.3 is 5.97 Å². The fourth-order valence-electron chi connectivity index (χ4n) is 8.80. The van der Waals surface area contributed by atoms with Crippen LogP contribution in [-0.4, -0.2) is 96.8 Å². The van der Waals surface area contributed by atoms with Crippen molar-refractivity contribution < 1.29 is 33.8 Å². The van der Waals surface area contributed by atoms with Crippen LogP contribution in [0.4, 0.5) is 11.4 Å². The second-order valence-corrected chi connectivity index (χ2v) is 20.9. The molecule has 6 aromatic rings. The van der Waals surface area contributed by atoms with E-state index in [1.807, 2.05) is 72.9 Å². The Kier molecular flexibility index (Phi) is 26.0. The van der Waals surface area contributed by atoms with E-state index in [0.29, 0.717) is 37.6 Å². The lowest BCUT2D eigenvalue weighted by atomic mass is 10.0. The smallest absolute Gasteiger partial charge is 0.303 e. The molecule has 4 aromatic heterocycles. The van der Waals surface area contributed by atoms with Crippen molar-refractivity contribution >= 4 is 112 Å². The van der Waals surface area contributed by atoms with Gasteiger partial charge in [0.1, 0.15) is 0 Å². The number of carbonyl (C=O) groups is 4. The van der Waals surface area contributed by atoms with Crippen LogP contribution in [0.5, 0.6) is 0 Å². The van der Waals surface area contributed by atoms with Crippen LogP contribution >= 0.6 is 55.1 Å². The highest BCUT2D eigenvalue weighted by Crippen LogP contribution is 2.33. The lowest BCUT2D eigenvalue weighted by Gasteiger charge is -2.26. The summed E-state index contributed by atoms with van der Waals surface area (Å²) in [4.78, 5) is 57.6. The number of carboxylic acid groups (broad SMARTS) is 1. The van der Waals surface area contributed by atoms with Gasteiger partial charge in [-0.25, -0.2) is 19.3 Å². The van der Waals surface area contributed by atoms with Gasteiger partial charge in [0.15, 0.2) is 11.3 Å². The normalized spacial score (nSPS) is 13.6. The molecule has 0 atom stereocenters. The number of nitrogens with one attached hydrogen (secondary N) is 5. The van der Waals surface area contributed by atoms with E-state index >= 15 is 0 Å². The Morgan fingerprint density at radius 2 is 1.04 bits per heavy atom. The maximum absolute atomic E-state index is 12.7. The summed E-state index contributed by atoms with van der Waals surface area (Å²) in [5, 5.41) is 37.1. The van der Waals surface area contributed by atoms with Crippen molar-refractivity contribution in [2.75, 3.05) is 37.1 Å². The van der Waals surface area contributed by atoms with Crippen molar-refractivity contribution in [2.24, 2.45) is 5.73 Å². The minimum atomic E-state index is -0.980. The van der Waals surface area contributed by atoms with Crippen LogP contribution in [0.3, 0.4) is 0 Å². The number of fused-ring (bicyclic) bond motifs is 2. The molecule has 0 saturated carbocycles. The zero-order valence-corrected chi connectivity index (χ0v) is 48.8. The number of rotatable bonds is 21. The summed E-state index contributed by atoms with van der Waals surface area (Å²) < 4.78 is 16.5. The number of anilines is 2. The lowest BCUT2D eigenvalue weighted by molar-refractivity contribution is -0.138. The van der Waals surface area contributed by atoms with Gasteiger partial charge in [-0.2, -0.15) is 10.2 Å². The average molecular weight is 1250 g/mol. The lowest BCUT2D eigenvalue weighted by Crippen LogP contribution is -2.30. The fourth-order valence-corrected chi connectivity index (χ4v) is 9.89. The third-order valence-corrected chi connectivity index (χ3v) is 15.5. The predicted molar refractivity (Wildman–Crippen MR) is 315 cm³/mol. The second kappa shape index (κ2) is 32.0. The monoisotopic (exact) mass is 1240 g/mol. The Hall–Kier alpha value is -5.42. The van der Waals surface area contributed by atoms with Crippen molar-refractivity contribution in [3.8, 4) is 0 Å². The molecular weight excluding hydrogens is 1170 g/mol. The molecule has 2 aliphatic rings. The van der Waals surface area contributed by atoms with Crippen LogP contribution in [0.1, 0.15) is 120 Å². The van der Waals surface area contributed by atoms with E-state index in [1.165, 1.54) is 0 Å². The predicted octanol–water partition coefficient (Wildman–Crippen LogP) is 10.0. The van der Waals surface area contributed by atoms with E-state index in [-0.39, 0.29) is 62.9 Å². The third-order valence-electron chi connectivity index (χ3n) is 13.1. The van der Waals surface area contributed by atoms with Crippen LogP contribution in [0.25, 0.3) is 22.1 Å². The summed E-state index contributed by atoms with van der Waals surface area (Å²) in [6, 6.07) is 11.7. The van der Waals surface area contributed by atoms with Crippen LogP contribution in [-0.2, 0) is 80.8 Å². The quantitative estimate of drug-likeness (QED) is 0.0354. The molecule has 424 valence electrons. The van der Waals surface area contributed by atoms with E-state index in [9.17, 15) is 19.2 Å². The number of aromatic nitrogens is 6. The Labute approximate surface area is 483 Å². The molecule has 2 aliphatic heterocycles. The first-order chi connectivity index (χ1) is 37.2. The van der Waals surface area contributed by atoms with Gasteiger partial charge in [-0.05, 0) is 120 Å². The van der Waals surface area contributed by atoms with Gasteiger partial charge in [0, 0.05) is 129 Å². The first-order valence-electron chi connectivity index (χ1n) is 26.2. The maximum Gasteiger partial charge on any atom is 0.303 e. The fraction of sp³-hybridized carbons (Fsp3) is 0.491. The largest absolute Gasteiger partial charge is 0.481 e. The summed E-state index contributed by atoms with van der Waals surface area (Å²) in [6.07, 6.45) is 8.76. The number of pyridine rings is 2. The van der Waals surface area contributed by atoms with E-state index in [4.69, 9.17) is 53.5 Å². The zero-order valence-electron chi connectivity index (χ0n) is 44.1. The van der Waals surface area contributed by atoms with Crippen molar-refractivity contribution in [2.45, 2.75) is 151 Å². The van der Waals surface area contributed by atoms with Crippen molar-refractivity contribution in [3.05, 3.63) is 101 Å². The molecule has 6 heterocycles. The van der Waals surface area contributed by atoms with E-state index in [2.05, 4.69) is 75.6 Å². The number of carboxylic acids is 1. The van der Waals surface area contributed by atoms with Gasteiger partial charge in [0.2, 0.25) is 17.7 Å². The first kappa shape index (κ1) is 63.4. The summed E-state index contributed by atoms with van der Waals surface area (Å²) >= 11 is 18.5. The van der Waals surface area contributed by atoms with E-state index in [1.54, 1.807) is 6.07 Å². The molecule has 0 aliphatic carbocycles. The number of ether oxygens (including phenoxy) is 2. The topological polar surface area (TPSA) is 255 Å². The van der Waals surface area contributed by atoms with E-state index in [0.717, 1.165) is 153 Å². The van der Waals surface area contributed by atoms with Crippen LogP contribution in [0.15, 0.2) is 57.7 Å². The van der Waals surface area contributed by atoms with Gasteiger partial charge in [-0.3, -0.25) is 19.2 Å². The minimum absolute atomic E-state index is 0. The third kappa shape index (κ3) is 18.1. The summed E-state index contributed by atoms with van der Waals surface area (Å²) in [6.45, 7) is 14.1. The molecule has 23 heteroatoms. The molecule has 78 heavy (non-hydrogen) atoms. The molecule has 0 radical (unpaired) electrons. The Balaban J connectivity index is 0.000000247. The van der Waals surface area contributed by atoms with E-state index < -0.39 is 5.97 Å². The minimum Gasteiger partial charge on any atom is -0.481 e. The van der Waals surface area contributed by atoms with Crippen LogP contribution < -0.4 is 32.3 Å². The Morgan fingerprint density at radius 1 is 0.641 bits per heavy atom. The molecule has 2 saturated heterocycles. The number of nitrogens with zero attached hydrogens (tertiary/aromatic N) is 6. The second-order valence-electron chi connectivity index (χ2n) is 18.4. The highest BCUT2D eigenvalue weighted by molar-refractivity contribution is 9.10. The summed E-state index contributed by atoms with van der Waals surface area (Å²) in [5.74, 6) is -1.63. The molecule has 0 bridgehead atoms. The molecule has 2 aromatic carbocycles. The van der Waals surface area contributed by atoms with Crippen LogP contribution in [0.2, 0.25) is 10.0 Å². The number of hydrogen-bond donors (Lipinski definition) is 7. The van der Waals surface area contributed by atoms with Gasteiger partial charge in [0.25, 0.3) is 0 Å². The molecule has 2 fully saturated rings. The Morgan fingerprint density at radius 3 is 1.42 bits per heavy atom. The SMILES string of the molecule is C.CCc1nc2c(cnn2CC)c(NC2CCOCC2)c1CNC(=O)CCC(=O)NCc1ccc(Cl)c(Br)c1.CCc1nc2c(cnn2CC)c(NC2CCOCC2)c1CNC(=O)CCC(=O)O.NCc1ccc(Cl)c(Br)c1. The Bertz CT molecular complexity index is 2960. The highest BCUT2D eigenvalue weighted by Gasteiger charge is 2.24. The summed E-state index contributed by atoms with van der Waals surface area (Å²) in [7, 11) is 0. The molecule has 8 N–H and O–H groups in total. The molecule has 19 nitrogen and oxygen atoms in total. The number of halogens is 4. The average Bonchev–Trinajstić information content (AvgIpc) is 4.13. The van der Waals surface area contributed by atoms with Crippen molar-refractivity contribution in [1.29, 1.82) is 0 Å². The van der Waals surface area contributed by atoms with Crippen molar-refractivity contribution in [3.63, 3.8) is 0 Å². The number of aliphatic carboxylic acids is 1. The standard InChI is InChI=1S/C27H34BrClN6O3.C20H29N5O4.C7H7BrClN.CH4/c1-3-23-19(15-31-25(37)8-7-24(36)30-14-17-5-6-22(29)21(28)13-17)26(33-18-9-11-38-12-10-18)20-16-32-35(4-2)27(20)34-23;1-3-16-14(11-21-17(26)5-6-18(27)28)19(23-13-7-9-29-10-8-13)15-12-22-25(4-2)20(15)24-16;8-6-3-5(4-10)1-2-7(6)9;/h5-6,13,16,18H,3-4,7-12,14-15H2,1-2H3,(H,30,36)(H,31,37)(H,33,34);12-13H,3-11H2,1-2H3,(H,21,26)(H,23,24)(H,27,28);1-3H,4,10H2;1H4. The zero-order chi connectivity index (χ0) is 55.4. The number of carbonyl (C=O) groups excluding carboxylic acids is 3. The number of benzene rings is 2. The van der Waals surface area contributed by atoms with Crippen LogP contribution in [0, 0.1) is 0 Å². The van der Waals surface area contributed by atoms with Gasteiger partial charge in [-0.1, -0.05) is 56.6 Å². The first-order valence-corrected chi connectivity index (χ1v) is 28.5. The number of amides is 3.